The third-order valence-corrected chi connectivity index (χ3v) is 6.14. The summed E-state index contributed by atoms with van der Waals surface area (Å²) in [7, 11) is 1.61. The topological polar surface area (TPSA) is 38.8 Å². The lowest BCUT2D eigenvalue weighted by molar-refractivity contribution is 0.00349. The quantitative estimate of drug-likeness (QED) is 0.800. The minimum absolute atomic E-state index is 0.0393. The highest BCUT2D eigenvalue weighted by Crippen LogP contribution is 2.41. The van der Waals surface area contributed by atoms with Crippen LogP contribution in [0.25, 0.3) is 0 Å². The van der Waals surface area contributed by atoms with E-state index in [4.69, 9.17) is 9.47 Å². The third-order valence-electron chi connectivity index (χ3n) is 4.03. The van der Waals surface area contributed by atoms with Crippen LogP contribution in [0.2, 0.25) is 0 Å². The van der Waals surface area contributed by atoms with E-state index in [2.05, 4.69) is 15.9 Å². The third kappa shape index (κ3) is 3.07. The van der Waals surface area contributed by atoms with E-state index in [1.165, 1.54) is 0 Å². The predicted octanol–water partition coefficient (Wildman–Crippen LogP) is 3.15. The number of hydrogen-bond donors (Lipinski definition) is 0. The largest absolute Gasteiger partial charge is 0.497 e. The zero-order valence-electron chi connectivity index (χ0n) is 11.9. The van der Waals surface area contributed by atoms with Crippen LogP contribution < -0.4 is 4.74 Å². The van der Waals surface area contributed by atoms with Crippen LogP contribution in [0.15, 0.2) is 22.7 Å². The van der Waals surface area contributed by atoms with Crippen LogP contribution in [0.4, 0.5) is 0 Å². The van der Waals surface area contributed by atoms with Gasteiger partial charge in [0.05, 0.1) is 19.3 Å². The van der Waals surface area contributed by atoms with Gasteiger partial charge in [-0.25, -0.2) is 0 Å². The number of thioether (sulfide) groups is 1. The molecule has 0 radical (unpaired) electrons. The fourth-order valence-corrected chi connectivity index (χ4v) is 4.39. The summed E-state index contributed by atoms with van der Waals surface area (Å²) in [5, 5.41) is 0. The Kier molecular flexibility index (Phi) is 4.47. The van der Waals surface area contributed by atoms with Crippen LogP contribution in [0.1, 0.15) is 23.2 Å². The molecule has 1 amide bonds. The van der Waals surface area contributed by atoms with Crippen LogP contribution in [-0.4, -0.2) is 48.3 Å². The normalized spacial score (nSPS) is 20.8. The zero-order valence-corrected chi connectivity index (χ0v) is 14.3. The van der Waals surface area contributed by atoms with Gasteiger partial charge in [0, 0.05) is 36.2 Å². The minimum atomic E-state index is -0.0393. The first kappa shape index (κ1) is 15.2. The van der Waals surface area contributed by atoms with Gasteiger partial charge < -0.3 is 14.4 Å². The van der Waals surface area contributed by atoms with E-state index < -0.39 is 0 Å². The highest BCUT2D eigenvalue weighted by atomic mass is 79.9. The van der Waals surface area contributed by atoms with Gasteiger partial charge in [-0.3, -0.25) is 4.79 Å². The summed E-state index contributed by atoms with van der Waals surface area (Å²) in [6.45, 7) is 2.32. The van der Waals surface area contributed by atoms with E-state index in [1.54, 1.807) is 13.2 Å². The van der Waals surface area contributed by atoms with Gasteiger partial charge in [-0.2, -0.15) is 0 Å². The van der Waals surface area contributed by atoms with Crippen LogP contribution in [0.5, 0.6) is 5.75 Å². The molecule has 2 saturated heterocycles. The molecule has 0 bridgehead atoms. The van der Waals surface area contributed by atoms with E-state index in [0.29, 0.717) is 11.3 Å². The summed E-state index contributed by atoms with van der Waals surface area (Å²) in [6.07, 6.45) is 1.82. The fourth-order valence-electron chi connectivity index (χ4n) is 2.80. The van der Waals surface area contributed by atoms with Gasteiger partial charge in [0.2, 0.25) is 0 Å². The number of likely N-dealkylation sites (tertiary alicyclic amines) is 1. The van der Waals surface area contributed by atoms with Crippen LogP contribution >= 0.6 is 27.7 Å². The summed E-state index contributed by atoms with van der Waals surface area (Å²) in [6, 6.07) is 5.49. The Balaban J connectivity index is 1.72. The Labute approximate surface area is 137 Å². The van der Waals surface area contributed by atoms with E-state index >= 15 is 0 Å². The minimum Gasteiger partial charge on any atom is -0.497 e. The SMILES string of the molecule is COc1ccc(Br)c(C(=O)N2CCC3(CC2)OCCS3)c1. The summed E-state index contributed by atoms with van der Waals surface area (Å²) < 4.78 is 11.9. The van der Waals surface area contributed by atoms with E-state index in [9.17, 15) is 4.79 Å². The van der Waals surface area contributed by atoms with Crippen molar-refractivity contribution in [2.75, 3.05) is 32.6 Å². The first-order valence-corrected chi connectivity index (χ1v) is 8.82. The van der Waals surface area contributed by atoms with Gasteiger partial charge in [-0.15, -0.1) is 11.8 Å². The molecule has 2 aliphatic heterocycles. The Bertz CT molecular complexity index is 536. The zero-order chi connectivity index (χ0) is 14.9. The molecule has 2 aliphatic rings. The molecular formula is C15H18BrNO3S. The molecule has 1 spiro atoms. The molecule has 3 rings (SSSR count). The van der Waals surface area contributed by atoms with Gasteiger partial charge in [-0.1, -0.05) is 0 Å². The number of carbonyl (C=O) groups excluding carboxylic acids is 1. The van der Waals surface area contributed by atoms with Crippen molar-refractivity contribution in [3.05, 3.63) is 28.2 Å². The maximum atomic E-state index is 12.7. The predicted molar refractivity (Wildman–Crippen MR) is 87.0 cm³/mol. The number of benzene rings is 1. The summed E-state index contributed by atoms with van der Waals surface area (Å²) in [4.78, 5) is 14.6. The number of piperidine rings is 1. The Hall–Kier alpha value is -0.720. The first-order valence-electron chi connectivity index (χ1n) is 7.04. The van der Waals surface area contributed by atoms with E-state index in [-0.39, 0.29) is 10.8 Å². The number of rotatable bonds is 2. The fraction of sp³-hybridized carbons (Fsp3) is 0.533. The lowest BCUT2D eigenvalue weighted by atomic mass is 10.1. The molecule has 0 N–H and O–H groups in total. The summed E-state index contributed by atoms with van der Waals surface area (Å²) in [5.74, 6) is 1.82. The lowest BCUT2D eigenvalue weighted by Crippen LogP contribution is -2.45. The molecule has 0 unspecified atom stereocenters. The Morgan fingerprint density at radius 3 is 2.81 bits per heavy atom. The molecule has 2 fully saturated rings. The molecule has 1 aromatic carbocycles. The highest BCUT2D eigenvalue weighted by molar-refractivity contribution is 9.10. The van der Waals surface area contributed by atoms with Crippen molar-refractivity contribution in [2.45, 2.75) is 17.8 Å². The van der Waals surface area contributed by atoms with Crippen molar-refractivity contribution >= 4 is 33.6 Å². The molecule has 0 saturated carbocycles. The van der Waals surface area contributed by atoms with Crippen LogP contribution in [0.3, 0.4) is 0 Å². The van der Waals surface area contributed by atoms with E-state index in [1.807, 2.05) is 28.8 Å². The molecule has 1 aromatic rings. The summed E-state index contributed by atoms with van der Waals surface area (Å²) >= 11 is 5.35. The van der Waals surface area contributed by atoms with Crippen molar-refractivity contribution in [1.29, 1.82) is 0 Å². The van der Waals surface area contributed by atoms with Crippen LogP contribution in [-0.2, 0) is 4.74 Å². The van der Waals surface area contributed by atoms with Crippen molar-refractivity contribution in [3.8, 4) is 5.75 Å². The van der Waals surface area contributed by atoms with Crippen molar-refractivity contribution in [3.63, 3.8) is 0 Å². The maximum absolute atomic E-state index is 12.7. The molecular weight excluding hydrogens is 354 g/mol. The van der Waals surface area contributed by atoms with E-state index in [0.717, 1.165) is 42.8 Å². The molecule has 4 nitrogen and oxygen atoms in total. The maximum Gasteiger partial charge on any atom is 0.255 e. The Morgan fingerprint density at radius 2 is 2.19 bits per heavy atom. The van der Waals surface area contributed by atoms with Gasteiger partial charge >= 0.3 is 0 Å². The summed E-state index contributed by atoms with van der Waals surface area (Å²) in [5.41, 5.74) is 0.658. The van der Waals surface area contributed by atoms with Crippen LogP contribution in [0, 0.1) is 0 Å². The van der Waals surface area contributed by atoms with Crippen molar-refractivity contribution in [2.24, 2.45) is 0 Å². The average Bonchev–Trinajstić information content (AvgIpc) is 2.96. The molecule has 114 valence electrons. The molecule has 6 heteroatoms. The molecule has 0 aromatic heterocycles. The second kappa shape index (κ2) is 6.18. The van der Waals surface area contributed by atoms with Crippen molar-refractivity contribution < 1.29 is 14.3 Å². The van der Waals surface area contributed by atoms with Gasteiger partial charge in [0.25, 0.3) is 5.91 Å². The first-order chi connectivity index (χ1) is 10.1. The molecule has 21 heavy (non-hydrogen) atoms. The number of amides is 1. The second-order valence-corrected chi connectivity index (χ2v) is 7.54. The molecule has 0 atom stereocenters. The van der Waals surface area contributed by atoms with Gasteiger partial charge in [-0.05, 0) is 34.1 Å². The van der Waals surface area contributed by atoms with Crippen molar-refractivity contribution in [1.82, 2.24) is 4.90 Å². The number of ether oxygens (including phenoxy) is 2. The molecule has 2 heterocycles. The smallest absolute Gasteiger partial charge is 0.255 e. The molecule has 0 aliphatic carbocycles. The van der Waals surface area contributed by atoms with Gasteiger partial charge in [0.1, 0.15) is 10.7 Å². The lowest BCUT2D eigenvalue weighted by Gasteiger charge is -2.38. The monoisotopic (exact) mass is 371 g/mol. The standard InChI is InChI=1S/C15H18BrNO3S/c1-19-11-2-3-13(16)12(10-11)14(18)17-6-4-15(5-7-17)20-8-9-21-15/h2-3,10H,4-9H2,1H3. The number of hydrogen-bond acceptors (Lipinski definition) is 4. The number of methoxy groups -OCH3 is 1. The second-order valence-electron chi connectivity index (χ2n) is 5.25. The highest BCUT2D eigenvalue weighted by Gasteiger charge is 2.40. The number of nitrogens with zero attached hydrogens (tertiary/aromatic N) is 1. The number of halogens is 1. The average molecular weight is 372 g/mol. The van der Waals surface area contributed by atoms with Gasteiger partial charge in [0.15, 0.2) is 0 Å². The Morgan fingerprint density at radius 1 is 1.43 bits per heavy atom. The number of carbonyl (C=O) groups is 1.